The Morgan fingerprint density at radius 2 is 1.45 bits per heavy atom. The van der Waals surface area contributed by atoms with Crippen molar-refractivity contribution in [2.45, 2.75) is 17.4 Å². The van der Waals surface area contributed by atoms with Crippen LogP contribution in [-0.2, 0) is 19.6 Å². The summed E-state index contributed by atoms with van der Waals surface area (Å²) in [7, 11) is -0.382. The normalized spacial score (nSPS) is 12.6. The van der Waals surface area contributed by atoms with Gasteiger partial charge >= 0.3 is 11.9 Å². The second-order valence-electron chi connectivity index (χ2n) is 6.21. The number of carboxylic acids is 2. The van der Waals surface area contributed by atoms with Crippen LogP contribution in [0.4, 0.5) is 17.1 Å². The van der Waals surface area contributed by atoms with Crippen LogP contribution < -0.4 is 9.62 Å². The van der Waals surface area contributed by atoms with E-state index >= 15 is 0 Å². The van der Waals surface area contributed by atoms with Crippen molar-refractivity contribution < 1.29 is 28.2 Å². The molecule has 11 heteroatoms. The summed E-state index contributed by atoms with van der Waals surface area (Å²) in [5.41, 5.74) is 2.02. The Hall–Kier alpha value is -3.31. The van der Waals surface area contributed by atoms with Crippen LogP contribution in [0.2, 0.25) is 0 Å². The molecule has 2 aromatic carbocycles. The van der Waals surface area contributed by atoms with Crippen molar-refractivity contribution in [1.29, 1.82) is 0 Å². The lowest BCUT2D eigenvalue weighted by atomic mass is 10.2. The molecule has 0 amide bonds. The lowest BCUT2D eigenvalue weighted by Crippen LogP contribution is -2.42. The maximum absolute atomic E-state index is 12.3. The third-order valence-corrected chi connectivity index (χ3v) is 5.26. The Bertz CT molecular complexity index is 1000. The second kappa shape index (κ2) is 9.26. The van der Waals surface area contributed by atoms with Gasteiger partial charge < -0.3 is 15.1 Å². The lowest BCUT2D eigenvalue weighted by Gasteiger charge is -2.13. The predicted octanol–water partition coefficient (Wildman–Crippen LogP) is 2.37. The zero-order chi connectivity index (χ0) is 21.6. The number of hydrogen-bond donors (Lipinski definition) is 3. The number of anilines is 1. The van der Waals surface area contributed by atoms with Crippen molar-refractivity contribution in [3.05, 3.63) is 48.5 Å². The topological polar surface area (TPSA) is 149 Å². The summed E-state index contributed by atoms with van der Waals surface area (Å²) in [5.74, 6) is -3.02. The fourth-order valence-corrected chi connectivity index (χ4v) is 3.42. The van der Waals surface area contributed by atoms with E-state index < -0.39 is 34.4 Å². The highest BCUT2D eigenvalue weighted by Gasteiger charge is 2.27. The van der Waals surface area contributed by atoms with Crippen molar-refractivity contribution in [2.24, 2.45) is 10.2 Å². The number of nitrogens with one attached hydrogen (secondary N) is 1. The first-order valence-corrected chi connectivity index (χ1v) is 9.83. The largest absolute Gasteiger partial charge is 0.481 e. The average Bonchev–Trinajstić information content (AvgIpc) is 2.66. The van der Waals surface area contributed by atoms with Crippen LogP contribution in [0.3, 0.4) is 0 Å². The Morgan fingerprint density at radius 3 is 1.86 bits per heavy atom. The summed E-state index contributed by atoms with van der Waals surface area (Å²) in [6, 6.07) is 10.8. The minimum Gasteiger partial charge on any atom is -0.481 e. The molecule has 1 atom stereocenters. The Labute approximate surface area is 167 Å². The van der Waals surface area contributed by atoms with Gasteiger partial charge in [0.15, 0.2) is 0 Å². The summed E-state index contributed by atoms with van der Waals surface area (Å²) >= 11 is 0. The standard InChI is InChI=1S/C18H20N4O6S/c1-22(2)14-7-3-12(4-8-14)19-20-13-5-9-15(10-6-13)29(27,28)21-16(18(25)26)11-17(23)24/h3-10,16,21H,11H2,1-2H3,(H,23,24)(H,25,26)/t16-/m0/s1. The molecule has 0 heterocycles. The smallest absolute Gasteiger partial charge is 0.322 e. The molecule has 0 bridgehead atoms. The van der Waals surface area contributed by atoms with Gasteiger partial charge in [0.05, 0.1) is 22.7 Å². The van der Waals surface area contributed by atoms with E-state index in [-0.39, 0.29) is 4.90 Å². The quantitative estimate of drug-likeness (QED) is 0.527. The van der Waals surface area contributed by atoms with Gasteiger partial charge in [-0.3, -0.25) is 9.59 Å². The fourth-order valence-electron chi connectivity index (χ4n) is 2.23. The highest BCUT2D eigenvalue weighted by Crippen LogP contribution is 2.22. The van der Waals surface area contributed by atoms with Gasteiger partial charge in [-0.1, -0.05) is 0 Å². The summed E-state index contributed by atoms with van der Waals surface area (Å²) in [5, 5.41) is 25.8. The molecular weight excluding hydrogens is 400 g/mol. The van der Waals surface area contributed by atoms with Gasteiger partial charge in [0.2, 0.25) is 10.0 Å². The van der Waals surface area contributed by atoms with Crippen LogP contribution in [0.1, 0.15) is 6.42 Å². The molecule has 0 radical (unpaired) electrons. The van der Waals surface area contributed by atoms with Crippen LogP contribution in [-0.4, -0.2) is 50.7 Å². The molecule has 0 aliphatic carbocycles. The van der Waals surface area contributed by atoms with E-state index in [9.17, 15) is 18.0 Å². The fraction of sp³-hybridized carbons (Fsp3) is 0.222. The lowest BCUT2D eigenvalue weighted by molar-refractivity contribution is -0.145. The van der Waals surface area contributed by atoms with Gasteiger partial charge in [-0.15, -0.1) is 0 Å². The molecule has 10 nitrogen and oxygen atoms in total. The predicted molar refractivity (Wildman–Crippen MR) is 105 cm³/mol. The minimum absolute atomic E-state index is 0.219. The number of azo groups is 1. The maximum Gasteiger partial charge on any atom is 0.322 e. The molecule has 0 aromatic heterocycles. The number of carbonyl (C=O) groups is 2. The van der Waals surface area contributed by atoms with Crippen molar-refractivity contribution >= 4 is 39.0 Å². The summed E-state index contributed by atoms with van der Waals surface area (Å²) in [6.45, 7) is 0. The molecule has 0 fully saturated rings. The van der Waals surface area contributed by atoms with Crippen LogP contribution in [0, 0.1) is 0 Å². The van der Waals surface area contributed by atoms with Crippen molar-refractivity contribution in [2.75, 3.05) is 19.0 Å². The van der Waals surface area contributed by atoms with Crippen LogP contribution in [0.15, 0.2) is 63.7 Å². The van der Waals surface area contributed by atoms with Crippen LogP contribution in [0.5, 0.6) is 0 Å². The molecule has 29 heavy (non-hydrogen) atoms. The highest BCUT2D eigenvalue weighted by molar-refractivity contribution is 7.89. The van der Waals surface area contributed by atoms with Gasteiger partial charge in [0, 0.05) is 19.8 Å². The molecule has 0 saturated heterocycles. The zero-order valence-corrected chi connectivity index (χ0v) is 16.5. The van der Waals surface area contributed by atoms with E-state index in [0.29, 0.717) is 11.4 Å². The van der Waals surface area contributed by atoms with Gasteiger partial charge in [-0.25, -0.2) is 8.42 Å². The van der Waals surface area contributed by atoms with E-state index in [1.54, 1.807) is 12.1 Å². The first-order valence-electron chi connectivity index (χ1n) is 8.34. The molecule has 0 aliphatic heterocycles. The number of carboxylic acid groups (broad SMARTS) is 2. The molecule has 3 N–H and O–H groups in total. The number of aliphatic carboxylic acids is 2. The average molecular weight is 420 g/mol. The summed E-state index contributed by atoms with van der Waals surface area (Å²) in [6.07, 6.45) is -0.881. The first-order chi connectivity index (χ1) is 13.6. The van der Waals surface area contributed by atoms with Gasteiger partial charge in [0.1, 0.15) is 6.04 Å². The minimum atomic E-state index is -4.22. The van der Waals surface area contributed by atoms with E-state index in [1.165, 1.54) is 24.3 Å². The highest BCUT2D eigenvalue weighted by atomic mass is 32.2. The van der Waals surface area contributed by atoms with E-state index in [1.807, 2.05) is 35.9 Å². The van der Waals surface area contributed by atoms with Gasteiger partial charge in [-0.05, 0) is 48.5 Å². The number of nitrogens with zero attached hydrogens (tertiary/aromatic N) is 3. The maximum atomic E-state index is 12.3. The number of benzene rings is 2. The molecule has 0 spiro atoms. The zero-order valence-electron chi connectivity index (χ0n) is 15.7. The number of rotatable bonds is 9. The Balaban J connectivity index is 2.12. The molecular formula is C18H20N4O6S. The Kier molecular flexibility index (Phi) is 7.02. The molecule has 2 aromatic rings. The van der Waals surface area contributed by atoms with E-state index in [2.05, 4.69) is 10.2 Å². The first kappa shape index (κ1) is 22.0. The van der Waals surface area contributed by atoms with Crippen molar-refractivity contribution in [3.63, 3.8) is 0 Å². The number of hydrogen-bond acceptors (Lipinski definition) is 7. The van der Waals surface area contributed by atoms with E-state index in [0.717, 1.165) is 5.69 Å². The van der Waals surface area contributed by atoms with Gasteiger partial charge in [-0.2, -0.15) is 15.0 Å². The van der Waals surface area contributed by atoms with Crippen LogP contribution in [0.25, 0.3) is 0 Å². The third-order valence-electron chi connectivity index (χ3n) is 3.77. The third kappa shape index (κ3) is 6.36. The van der Waals surface area contributed by atoms with Crippen LogP contribution >= 0.6 is 0 Å². The molecule has 0 aliphatic rings. The van der Waals surface area contributed by atoms with Gasteiger partial charge in [0.25, 0.3) is 0 Å². The van der Waals surface area contributed by atoms with E-state index in [4.69, 9.17) is 10.2 Å². The Morgan fingerprint density at radius 1 is 0.966 bits per heavy atom. The molecule has 0 saturated carbocycles. The molecule has 2 rings (SSSR count). The SMILES string of the molecule is CN(C)c1ccc(N=Nc2ccc(S(=O)(=O)N[C@@H](CC(=O)O)C(=O)O)cc2)cc1. The summed E-state index contributed by atoms with van der Waals surface area (Å²) < 4.78 is 26.4. The monoisotopic (exact) mass is 420 g/mol. The number of sulfonamides is 1. The molecule has 154 valence electrons. The van der Waals surface area contributed by atoms with Crippen molar-refractivity contribution in [3.8, 4) is 0 Å². The summed E-state index contributed by atoms with van der Waals surface area (Å²) in [4.78, 5) is 23.5. The molecule has 0 unspecified atom stereocenters. The van der Waals surface area contributed by atoms with Crippen molar-refractivity contribution in [1.82, 2.24) is 4.72 Å². The second-order valence-corrected chi connectivity index (χ2v) is 7.93.